The monoisotopic (exact) mass is 309 g/mol. The van der Waals surface area contributed by atoms with E-state index in [1.807, 2.05) is 36.4 Å². The highest BCUT2D eigenvalue weighted by Gasteiger charge is 2.23. The molecule has 1 saturated heterocycles. The third-order valence-corrected chi connectivity index (χ3v) is 3.81. The van der Waals surface area contributed by atoms with E-state index in [9.17, 15) is 4.79 Å². The minimum absolute atomic E-state index is 0.0955. The normalized spacial score (nSPS) is 17.5. The largest absolute Gasteiger partial charge is 0.368 e. The molecular formula is C16H15N5O2. The predicted molar refractivity (Wildman–Crippen MR) is 83.8 cm³/mol. The molecule has 1 aliphatic rings. The van der Waals surface area contributed by atoms with Crippen LogP contribution in [0.25, 0.3) is 16.9 Å². The molecule has 2 aromatic heterocycles. The summed E-state index contributed by atoms with van der Waals surface area (Å²) < 4.78 is 7.02. The first-order valence-electron chi connectivity index (χ1n) is 7.49. The number of nitrogens with zero attached hydrogens (tertiary/aromatic N) is 4. The van der Waals surface area contributed by atoms with Gasteiger partial charge in [0.05, 0.1) is 5.69 Å². The Labute approximate surface area is 132 Å². The molecule has 1 aromatic carbocycles. The summed E-state index contributed by atoms with van der Waals surface area (Å²) in [5.74, 6) is -0.0955. The van der Waals surface area contributed by atoms with Gasteiger partial charge in [0.15, 0.2) is 5.65 Å². The van der Waals surface area contributed by atoms with Crippen LogP contribution >= 0.6 is 0 Å². The molecule has 1 atom stereocenters. The minimum Gasteiger partial charge on any atom is -0.368 e. The summed E-state index contributed by atoms with van der Waals surface area (Å²) in [6.45, 7) is 0.654. The molecule has 7 heteroatoms. The molecule has 0 unspecified atom stereocenters. The van der Waals surface area contributed by atoms with Gasteiger partial charge in [-0.1, -0.05) is 12.1 Å². The molecule has 1 N–H and O–H groups in total. The number of aromatic nitrogens is 4. The number of carbonyl (C=O) groups excluding carboxylic acids is 1. The molecule has 0 spiro atoms. The number of nitrogens with one attached hydrogen (secondary N) is 1. The summed E-state index contributed by atoms with van der Waals surface area (Å²) >= 11 is 0. The summed E-state index contributed by atoms with van der Waals surface area (Å²) in [5.41, 5.74) is 3.11. The molecule has 23 heavy (non-hydrogen) atoms. The topological polar surface area (TPSA) is 81.4 Å². The number of carbonyl (C=O) groups is 1. The molecule has 7 nitrogen and oxygen atoms in total. The number of fused-ring (bicyclic) bond motifs is 1. The van der Waals surface area contributed by atoms with Crippen molar-refractivity contribution in [2.75, 3.05) is 11.9 Å². The zero-order chi connectivity index (χ0) is 15.6. The maximum absolute atomic E-state index is 12.1. The maximum atomic E-state index is 12.1. The molecule has 1 amide bonds. The highest BCUT2D eigenvalue weighted by molar-refractivity contribution is 5.94. The number of rotatable bonds is 3. The molecule has 3 aromatic rings. The van der Waals surface area contributed by atoms with E-state index < -0.39 is 0 Å². The summed E-state index contributed by atoms with van der Waals surface area (Å²) in [5, 5.41) is 15.1. The van der Waals surface area contributed by atoms with Gasteiger partial charge in [-0.25, -0.2) is 0 Å². The van der Waals surface area contributed by atoms with Crippen molar-refractivity contribution in [2.24, 2.45) is 0 Å². The Morgan fingerprint density at radius 2 is 2.26 bits per heavy atom. The Morgan fingerprint density at radius 1 is 1.30 bits per heavy atom. The lowest BCUT2D eigenvalue weighted by molar-refractivity contribution is -0.124. The molecule has 1 aliphatic heterocycles. The number of amides is 1. The second kappa shape index (κ2) is 5.77. The third-order valence-electron chi connectivity index (χ3n) is 3.81. The predicted octanol–water partition coefficient (Wildman–Crippen LogP) is 1.91. The van der Waals surface area contributed by atoms with E-state index in [2.05, 4.69) is 20.6 Å². The Hall–Kier alpha value is -2.80. The molecular weight excluding hydrogens is 294 g/mol. The summed E-state index contributed by atoms with van der Waals surface area (Å²) in [4.78, 5) is 12.1. The van der Waals surface area contributed by atoms with Crippen LogP contribution in [0.4, 0.5) is 5.69 Å². The van der Waals surface area contributed by atoms with Crippen LogP contribution in [0.5, 0.6) is 0 Å². The van der Waals surface area contributed by atoms with Gasteiger partial charge in [-0.15, -0.1) is 10.2 Å². The van der Waals surface area contributed by atoms with E-state index in [-0.39, 0.29) is 12.0 Å². The van der Waals surface area contributed by atoms with E-state index in [4.69, 9.17) is 4.74 Å². The molecule has 0 bridgehead atoms. The van der Waals surface area contributed by atoms with Gasteiger partial charge in [-0.3, -0.25) is 4.79 Å². The van der Waals surface area contributed by atoms with Crippen molar-refractivity contribution in [2.45, 2.75) is 18.9 Å². The van der Waals surface area contributed by atoms with Crippen molar-refractivity contribution in [1.82, 2.24) is 19.8 Å². The van der Waals surface area contributed by atoms with Crippen molar-refractivity contribution in [1.29, 1.82) is 0 Å². The SMILES string of the molecule is O=C(Nc1cccc(-c2ccc3nncn3n2)c1)[C@@H]1CCCO1. The van der Waals surface area contributed by atoms with Gasteiger partial charge in [0, 0.05) is 17.9 Å². The van der Waals surface area contributed by atoms with Crippen LogP contribution in [0.3, 0.4) is 0 Å². The van der Waals surface area contributed by atoms with Gasteiger partial charge in [0.25, 0.3) is 5.91 Å². The van der Waals surface area contributed by atoms with Crippen LogP contribution in [0, 0.1) is 0 Å². The lowest BCUT2D eigenvalue weighted by Crippen LogP contribution is -2.26. The van der Waals surface area contributed by atoms with E-state index >= 15 is 0 Å². The van der Waals surface area contributed by atoms with Crippen LogP contribution in [-0.4, -0.2) is 38.4 Å². The van der Waals surface area contributed by atoms with E-state index in [0.717, 1.165) is 29.8 Å². The first-order chi connectivity index (χ1) is 11.3. The molecule has 3 heterocycles. The second-order valence-corrected chi connectivity index (χ2v) is 5.42. The number of benzene rings is 1. The molecule has 1 fully saturated rings. The van der Waals surface area contributed by atoms with Crippen molar-refractivity contribution in [3.63, 3.8) is 0 Å². The molecule has 4 rings (SSSR count). The first kappa shape index (κ1) is 13.8. The smallest absolute Gasteiger partial charge is 0.253 e. The van der Waals surface area contributed by atoms with Crippen LogP contribution in [-0.2, 0) is 9.53 Å². The Kier molecular flexibility index (Phi) is 3.47. The fourth-order valence-electron chi connectivity index (χ4n) is 2.65. The average Bonchev–Trinajstić information content (AvgIpc) is 3.26. The van der Waals surface area contributed by atoms with Crippen molar-refractivity contribution < 1.29 is 9.53 Å². The van der Waals surface area contributed by atoms with Gasteiger partial charge in [-0.2, -0.15) is 9.61 Å². The quantitative estimate of drug-likeness (QED) is 0.799. The van der Waals surface area contributed by atoms with Crippen molar-refractivity contribution in [3.05, 3.63) is 42.7 Å². The van der Waals surface area contributed by atoms with Gasteiger partial charge < -0.3 is 10.1 Å². The fourth-order valence-corrected chi connectivity index (χ4v) is 2.65. The number of hydrogen-bond acceptors (Lipinski definition) is 5. The Bertz CT molecular complexity index is 854. The first-order valence-corrected chi connectivity index (χ1v) is 7.49. The highest BCUT2D eigenvalue weighted by Crippen LogP contribution is 2.22. The molecule has 0 aliphatic carbocycles. The van der Waals surface area contributed by atoms with Crippen LogP contribution in [0.1, 0.15) is 12.8 Å². The van der Waals surface area contributed by atoms with Crippen LogP contribution in [0.2, 0.25) is 0 Å². The van der Waals surface area contributed by atoms with Crippen LogP contribution in [0.15, 0.2) is 42.7 Å². The zero-order valence-electron chi connectivity index (χ0n) is 12.3. The fraction of sp³-hybridized carbons (Fsp3) is 0.250. The van der Waals surface area contributed by atoms with Gasteiger partial charge >= 0.3 is 0 Å². The van der Waals surface area contributed by atoms with Gasteiger partial charge in [0.1, 0.15) is 12.4 Å². The van der Waals surface area contributed by atoms with E-state index in [0.29, 0.717) is 12.3 Å². The van der Waals surface area contributed by atoms with Gasteiger partial charge in [0.2, 0.25) is 0 Å². The molecule has 0 saturated carbocycles. The zero-order valence-corrected chi connectivity index (χ0v) is 12.3. The molecule has 0 radical (unpaired) electrons. The molecule has 116 valence electrons. The van der Waals surface area contributed by atoms with Crippen LogP contribution < -0.4 is 5.32 Å². The lowest BCUT2D eigenvalue weighted by Gasteiger charge is -2.11. The summed E-state index contributed by atoms with van der Waals surface area (Å²) in [7, 11) is 0. The number of anilines is 1. The Balaban J connectivity index is 1.58. The van der Waals surface area contributed by atoms with Gasteiger partial charge in [-0.05, 0) is 37.1 Å². The third kappa shape index (κ3) is 2.78. The highest BCUT2D eigenvalue weighted by atomic mass is 16.5. The maximum Gasteiger partial charge on any atom is 0.253 e. The van der Waals surface area contributed by atoms with Crippen molar-refractivity contribution in [3.8, 4) is 11.3 Å². The standard InChI is InChI=1S/C16H15N5O2/c22-16(14-5-2-8-23-14)18-12-4-1-3-11(9-12)13-6-7-15-19-17-10-21(15)20-13/h1,3-4,6-7,9-10,14H,2,5,8H2,(H,18,22)/t14-/m0/s1. The Morgan fingerprint density at radius 3 is 3.13 bits per heavy atom. The average molecular weight is 309 g/mol. The lowest BCUT2D eigenvalue weighted by atomic mass is 10.1. The summed E-state index contributed by atoms with van der Waals surface area (Å²) in [6.07, 6.45) is 2.92. The van der Waals surface area contributed by atoms with E-state index in [1.54, 1.807) is 10.8 Å². The summed E-state index contributed by atoms with van der Waals surface area (Å²) in [6, 6.07) is 11.3. The minimum atomic E-state index is -0.342. The van der Waals surface area contributed by atoms with Crippen molar-refractivity contribution >= 4 is 17.2 Å². The number of hydrogen-bond donors (Lipinski definition) is 1. The second-order valence-electron chi connectivity index (χ2n) is 5.42. The number of ether oxygens (including phenoxy) is 1. The van der Waals surface area contributed by atoms with E-state index in [1.165, 1.54) is 0 Å².